The van der Waals surface area contributed by atoms with Crippen molar-refractivity contribution in [2.75, 3.05) is 0 Å². The van der Waals surface area contributed by atoms with E-state index in [-0.39, 0.29) is 12.8 Å². The molecule has 0 radical (unpaired) electrons. The van der Waals surface area contributed by atoms with E-state index in [2.05, 4.69) is 10.1 Å². The van der Waals surface area contributed by atoms with Crippen molar-refractivity contribution in [2.24, 2.45) is 5.41 Å². The highest BCUT2D eigenvalue weighted by Crippen LogP contribution is 2.16. The van der Waals surface area contributed by atoms with Gasteiger partial charge in [0.15, 0.2) is 0 Å². The van der Waals surface area contributed by atoms with E-state index in [1.165, 1.54) is 6.92 Å². The zero-order valence-electron chi connectivity index (χ0n) is 16.5. The third-order valence-electron chi connectivity index (χ3n) is 2.97. The summed E-state index contributed by atoms with van der Waals surface area (Å²) >= 11 is 0. The molecular weight excluding hydrogens is 358 g/mol. The third kappa shape index (κ3) is 10.8. The minimum atomic E-state index is -1.17. The lowest BCUT2D eigenvalue weighted by atomic mass is 9.97. The molecule has 0 bridgehead atoms. The van der Waals surface area contributed by atoms with Crippen molar-refractivity contribution in [1.29, 1.82) is 5.53 Å². The first-order chi connectivity index (χ1) is 12.4. The minimum absolute atomic E-state index is 0.0678. The molecule has 0 aliphatic heterocycles. The normalized spacial score (nSPS) is 13.0. The number of ether oxygens (including phenoxy) is 3. The van der Waals surface area contributed by atoms with Gasteiger partial charge >= 0.3 is 24.2 Å². The van der Waals surface area contributed by atoms with Gasteiger partial charge in [-0.05, 0) is 41.0 Å². The summed E-state index contributed by atoms with van der Waals surface area (Å²) in [6.07, 6.45) is -1.99. The van der Waals surface area contributed by atoms with Crippen molar-refractivity contribution < 1.29 is 38.2 Å². The lowest BCUT2D eigenvalue weighted by Crippen LogP contribution is -2.44. The van der Waals surface area contributed by atoms with Gasteiger partial charge in [-0.2, -0.15) is 0 Å². The predicted molar refractivity (Wildman–Crippen MR) is 92.9 cm³/mol. The molecule has 0 aromatic carbocycles. The van der Waals surface area contributed by atoms with Gasteiger partial charge in [-0.1, -0.05) is 0 Å². The molecule has 2 atom stereocenters. The van der Waals surface area contributed by atoms with E-state index in [0.717, 1.165) is 6.21 Å². The zero-order chi connectivity index (χ0) is 21.2. The smallest absolute Gasteiger partial charge is 0.410 e. The number of amides is 1. The maximum atomic E-state index is 12.1. The molecule has 0 spiro atoms. The number of carbonyl (C=O) groups excluding carboxylic acids is 4. The number of hydrogen-bond acceptors (Lipinski definition) is 8. The number of alkyl carbamates (subject to hydrolysis) is 1. The molecule has 0 aliphatic rings. The Bertz CT molecular complexity index is 604. The van der Waals surface area contributed by atoms with Crippen molar-refractivity contribution in [1.82, 2.24) is 5.32 Å². The zero-order valence-corrected chi connectivity index (χ0v) is 16.5. The second-order valence-electron chi connectivity index (χ2n) is 7.07. The van der Waals surface area contributed by atoms with Crippen LogP contribution in [0.4, 0.5) is 4.79 Å². The number of nitrogens with one attached hydrogen (secondary N) is 2. The first-order valence-electron chi connectivity index (χ1n) is 8.48. The van der Waals surface area contributed by atoms with E-state index in [0.29, 0.717) is 0 Å². The van der Waals surface area contributed by atoms with Crippen LogP contribution in [0.15, 0.2) is 0 Å². The van der Waals surface area contributed by atoms with Gasteiger partial charge in [0.25, 0.3) is 0 Å². The summed E-state index contributed by atoms with van der Waals surface area (Å²) in [6.45, 7) is 9.59. The average molecular weight is 386 g/mol. The largest absolute Gasteiger partial charge is 0.461 e. The van der Waals surface area contributed by atoms with E-state index in [9.17, 15) is 19.2 Å². The molecule has 0 rings (SSSR count). The van der Waals surface area contributed by atoms with Gasteiger partial charge in [-0.3, -0.25) is 9.59 Å². The van der Waals surface area contributed by atoms with Crippen LogP contribution in [0.25, 0.3) is 0 Å². The molecule has 0 aliphatic carbocycles. The van der Waals surface area contributed by atoms with Crippen molar-refractivity contribution >= 4 is 30.0 Å². The molecule has 0 fully saturated rings. The van der Waals surface area contributed by atoms with Crippen LogP contribution >= 0.6 is 0 Å². The topological polar surface area (TPSA) is 146 Å². The summed E-state index contributed by atoms with van der Waals surface area (Å²) < 4.78 is 14.9. The van der Waals surface area contributed by atoms with E-state index in [4.69, 9.17) is 19.7 Å². The summed E-state index contributed by atoms with van der Waals surface area (Å²) in [4.78, 5) is 50.2. The fourth-order valence-corrected chi connectivity index (χ4v) is 1.67. The molecule has 27 heavy (non-hydrogen) atoms. The third-order valence-corrected chi connectivity index (χ3v) is 2.97. The van der Waals surface area contributed by atoms with E-state index in [1.807, 2.05) is 0 Å². The highest BCUT2D eigenvalue weighted by molar-refractivity contribution is 6.25. The molecule has 0 heterocycles. The van der Waals surface area contributed by atoms with Crippen LogP contribution in [-0.4, -0.2) is 53.3 Å². The monoisotopic (exact) mass is 386 g/mol. The first kappa shape index (κ1) is 24.3. The highest BCUT2D eigenvalue weighted by atomic mass is 16.7. The quantitative estimate of drug-likeness (QED) is 0.201. The second-order valence-corrected chi connectivity index (χ2v) is 7.07. The standard InChI is InChI=1S/C17H27N3O7/c1-10(2)25-14(22)13(8-7-12(21)9-19-18)20-16(24)27-11(3)26-15(23)17(4,5)6/h9-11,13,18H,7-8H2,1-6H3/p+1/t11-,13-/m0/s1. The summed E-state index contributed by atoms with van der Waals surface area (Å²) in [7, 11) is 0. The van der Waals surface area contributed by atoms with Crippen LogP contribution in [0.2, 0.25) is 0 Å². The molecule has 10 heteroatoms. The van der Waals surface area contributed by atoms with Gasteiger partial charge in [0.2, 0.25) is 12.1 Å². The molecule has 0 saturated heterocycles. The average Bonchev–Trinajstić information content (AvgIpc) is 2.49. The SMILES string of the molecule is CC(C)OC(=O)[C@H](CCC(=O)C=[N+]=N)NC(=O)O[C@@H](C)OC(=O)C(C)(C)C. The van der Waals surface area contributed by atoms with Crippen LogP contribution in [0.1, 0.15) is 54.4 Å². The Morgan fingerprint density at radius 1 is 1.07 bits per heavy atom. The fraction of sp³-hybridized carbons (Fsp3) is 0.706. The summed E-state index contributed by atoms with van der Waals surface area (Å²) in [5.41, 5.74) is 5.84. The lowest BCUT2D eigenvalue weighted by Gasteiger charge is -2.22. The molecule has 2 N–H and O–H groups in total. The number of ketones is 1. The maximum absolute atomic E-state index is 12.1. The number of hydrogen-bond donors (Lipinski definition) is 2. The maximum Gasteiger partial charge on any atom is 0.410 e. The van der Waals surface area contributed by atoms with Crippen LogP contribution in [0.5, 0.6) is 0 Å². The van der Waals surface area contributed by atoms with Gasteiger partial charge in [-0.15, -0.1) is 0 Å². The van der Waals surface area contributed by atoms with Crippen molar-refractivity contribution in [3.05, 3.63) is 0 Å². The number of Topliss-reactive ketones (excluding diaryl/α,β-unsaturated/α-hetero) is 1. The molecule has 1 amide bonds. The van der Waals surface area contributed by atoms with Gasteiger partial charge < -0.3 is 19.5 Å². The van der Waals surface area contributed by atoms with Gasteiger partial charge in [-0.25, -0.2) is 9.59 Å². The van der Waals surface area contributed by atoms with Gasteiger partial charge in [0, 0.05) is 13.3 Å². The Kier molecular flexibility index (Phi) is 9.95. The molecule has 0 aromatic heterocycles. The summed E-state index contributed by atoms with van der Waals surface area (Å²) in [5, 5.41) is 2.29. The summed E-state index contributed by atoms with van der Waals surface area (Å²) in [6, 6.07) is -1.14. The Morgan fingerprint density at radius 2 is 1.67 bits per heavy atom. The van der Waals surface area contributed by atoms with E-state index >= 15 is 0 Å². The number of esters is 2. The van der Waals surface area contributed by atoms with Crippen LogP contribution in [-0.2, 0) is 28.6 Å². The number of rotatable bonds is 9. The van der Waals surface area contributed by atoms with Gasteiger partial charge in [0.05, 0.1) is 21.8 Å². The van der Waals surface area contributed by atoms with Crippen molar-refractivity contribution in [3.8, 4) is 0 Å². The lowest BCUT2D eigenvalue weighted by molar-refractivity contribution is -0.174. The van der Waals surface area contributed by atoms with Crippen LogP contribution in [0, 0.1) is 10.9 Å². The number of carbonyl (C=O) groups is 4. The Balaban J connectivity index is 4.85. The molecule has 0 aromatic rings. The van der Waals surface area contributed by atoms with Crippen LogP contribution < -0.4 is 5.32 Å². The molecule has 0 saturated carbocycles. The van der Waals surface area contributed by atoms with Crippen LogP contribution in [0.3, 0.4) is 0 Å². The molecule has 10 nitrogen and oxygen atoms in total. The van der Waals surface area contributed by atoms with E-state index in [1.54, 1.807) is 34.6 Å². The van der Waals surface area contributed by atoms with Crippen molar-refractivity contribution in [2.45, 2.75) is 72.8 Å². The molecule has 0 unspecified atom stereocenters. The molecule has 152 valence electrons. The number of nitrogens with zero attached hydrogens (tertiary/aromatic N) is 1. The minimum Gasteiger partial charge on any atom is -0.461 e. The summed E-state index contributed by atoms with van der Waals surface area (Å²) in [5.74, 6) is -1.77. The Labute approximate surface area is 158 Å². The van der Waals surface area contributed by atoms with E-state index < -0.39 is 47.7 Å². The first-order valence-corrected chi connectivity index (χ1v) is 8.48. The Morgan fingerprint density at radius 3 is 2.15 bits per heavy atom. The fourth-order valence-electron chi connectivity index (χ4n) is 1.67. The van der Waals surface area contributed by atoms with Crippen molar-refractivity contribution in [3.63, 3.8) is 0 Å². The van der Waals surface area contributed by atoms with Gasteiger partial charge in [0.1, 0.15) is 6.04 Å². The highest BCUT2D eigenvalue weighted by Gasteiger charge is 2.28. The second kappa shape index (κ2) is 11.1. The molecular formula is C17H28N3O7+. The predicted octanol–water partition coefficient (Wildman–Crippen LogP) is 1.63. The Hall–Kier alpha value is -2.74.